The molecule has 1 aliphatic rings. The second-order valence-electron chi connectivity index (χ2n) is 6.25. The van der Waals surface area contributed by atoms with Gasteiger partial charge in [-0.3, -0.25) is 4.98 Å². The molecular weight excluding hydrogens is 251 g/mol. The van der Waals surface area contributed by atoms with Crippen LogP contribution in [0.5, 0.6) is 0 Å². The third-order valence-corrected chi connectivity index (χ3v) is 4.01. The van der Waals surface area contributed by atoms with Crippen LogP contribution in [0.2, 0.25) is 0 Å². The molecule has 20 heavy (non-hydrogen) atoms. The average Bonchev–Trinajstić information content (AvgIpc) is 2.55. The first kappa shape index (κ1) is 15.2. The first-order valence-electron chi connectivity index (χ1n) is 6.97. The molecule has 0 radical (unpaired) electrons. The van der Waals surface area contributed by atoms with Crippen LogP contribution in [0.25, 0.3) is 6.08 Å². The van der Waals surface area contributed by atoms with Crippen molar-refractivity contribution in [2.75, 3.05) is 0 Å². The highest BCUT2D eigenvalue weighted by Crippen LogP contribution is 2.37. The number of pyridine rings is 1. The molecule has 0 spiro atoms. The van der Waals surface area contributed by atoms with Crippen LogP contribution in [0, 0.1) is 0 Å². The smallest absolute Gasteiger partial charge is 0.400 e. The van der Waals surface area contributed by atoms with Gasteiger partial charge in [0.25, 0.3) is 0 Å². The molecule has 1 fully saturated rings. The molecule has 0 aromatic carbocycles. The number of hydrogen-bond acceptors (Lipinski definition) is 4. The zero-order chi connectivity index (χ0) is 15.0. The lowest BCUT2D eigenvalue weighted by Gasteiger charge is -2.32. The molecule has 2 rings (SSSR count). The van der Waals surface area contributed by atoms with E-state index in [1.54, 1.807) is 6.20 Å². The van der Waals surface area contributed by atoms with Gasteiger partial charge in [-0.1, -0.05) is 18.1 Å². The van der Waals surface area contributed by atoms with Crippen LogP contribution in [-0.2, 0) is 9.31 Å². The van der Waals surface area contributed by atoms with E-state index in [1.807, 2.05) is 58.8 Å². The summed E-state index contributed by atoms with van der Waals surface area (Å²) in [7, 11) is -0.346. The highest BCUT2D eigenvalue weighted by atomic mass is 16.7. The molecule has 1 atom stereocenters. The van der Waals surface area contributed by atoms with Crippen molar-refractivity contribution in [1.29, 1.82) is 0 Å². The minimum Gasteiger partial charge on any atom is -0.400 e. The Morgan fingerprint density at radius 1 is 1.25 bits per heavy atom. The van der Waals surface area contributed by atoms with Crippen molar-refractivity contribution in [2.24, 2.45) is 5.73 Å². The Morgan fingerprint density at radius 2 is 1.85 bits per heavy atom. The van der Waals surface area contributed by atoms with Crippen LogP contribution in [0.4, 0.5) is 0 Å². The van der Waals surface area contributed by atoms with Crippen molar-refractivity contribution in [3.05, 3.63) is 35.6 Å². The Labute approximate surface area is 121 Å². The third kappa shape index (κ3) is 2.95. The molecule has 4 nitrogen and oxygen atoms in total. The Balaban J connectivity index is 2.16. The molecule has 1 aromatic heterocycles. The lowest BCUT2D eigenvalue weighted by molar-refractivity contribution is 0.00578. The molecule has 108 valence electrons. The first-order chi connectivity index (χ1) is 9.23. The van der Waals surface area contributed by atoms with E-state index in [2.05, 4.69) is 4.98 Å². The van der Waals surface area contributed by atoms with Gasteiger partial charge in [0.2, 0.25) is 0 Å². The van der Waals surface area contributed by atoms with Gasteiger partial charge in [0, 0.05) is 12.2 Å². The van der Waals surface area contributed by atoms with Gasteiger partial charge >= 0.3 is 7.12 Å². The van der Waals surface area contributed by atoms with Gasteiger partial charge in [0.15, 0.2) is 0 Å². The molecule has 0 aliphatic carbocycles. The summed E-state index contributed by atoms with van der Waals surface area (Å²) in [5, 5.41) is 0. The van der Waals surface area contributed by atoms with E-state index >= 15 is 0 Å². The topological polar surface area (TPSA) is 57.4 Å². The van der Waals surface area contributed by atoms with Gasteiger partial charge in [-0.25, -0.2) is 0 Å². The largest absolute Gasteiger partial charge is 0.487 e. The summed E-state index contributed by atoms with van der Waals surface area (Å²) in [5.41, 5.74) is 7.16. The molecule has 1 aromatic rings. The van der Waals surface area contributed by atoms with Crippen molar-refractivity contribution in [3.63, 3.8) is 0 Å². The second-order valence-corrected chi connectivity index (χ2v) is 6.25. The van der Waals surface area contributed by atoms with E-state index in [9.17, 15) is 0 Å². The second kappa shape index (κ2) is 5.32. The zero-order valence-corrected chi connectivity index (χ0v) is 12.9. The quantitative estimate of drug-likeness (QED) is 0.861. The maximum atomic E-state index is 5.93. The van der Waals surface area contributed by atoms with E-state index < -0.39 is 0 Å². The summed E-state index contributed by atoms with van der Waals surface area (Å²) >= 11 is 0. The van der Waals surface area contributed by atoms with Crippen LogP contribution in [-0.4, -0.2) is 23.3 Å². The lowest BCUT2D eigenvalue weighted by atomic mass is 9.88. The highest BCUT2D eigenvalue weighted by Gasteiger charge is 2.49. The fraction of sp³-hybridized carbons (Fsp3) is 0.533. The monoisotopic (exact) mass is 274 g/mol. The van der Waals surface area contributed by atoms with Gasteiger partial charge < -0.3 is 15.0 Å². The summed E-state index contributed by atoms with van der Waals surface area (Å²) in [6.07, 6.45) is 3.72. The molecular formula is C15H23BN2O2. The fourth-order valence-corrected chi connectivity index (χ4v) is 2.10. The Morgan fingerprint density at radius 3 is 2.40 bits per heavy atom. The van der Waals surface area contributed by atoms with E-state index in [1.165, 1.54) is 0 Å². The minimum atomic E-state index is -0.346. The standard InChI is InChI=1S/C15H23BN2O2/c1-11(17)13-12(7-6-10-18-13)8-9-16-19-14(2,3)15(4,5)20-16/h6-11H,17H2,1-5H3/b9-8+/t11-/m1/s1. The van der Waals surface area contributed by atoms with Gasteiger partial charge in [-0.05, 0) is 46.2 Å². The maximum Gasteiger partial charge on any atom is 0.487 e. The Kier molecular flexibility index (Phi) is 4.05. The van der Waals surface area contributed by atoms with Crippen LogP contribution in [0.15, 0.2) is 24.3 Å². The van der Waals surface area contributed by atoms with Crippen LogP contribution < -0.4 is 5.73 Å². The summed E-state index contributed by atoms with van der Waals surface area (Å²) < 4.78 is 11.9. The van der Waals surface area contributed by atoms with Crippen LogP contribution in [0.3, 0.4) is 0 Å². The summed E-state index contributed by atoms with van der Waals surface area (Å²) in [6, 6.07) is 3.79. The molecule has 0 amide bonds. The molecule has 0 bridgehead atoms. The van der Waals surface area contributed by atoms with E-state index in [0.717, 1.165) is 11.3 Å². The van der Waals surface area contributed by atoms with E-state index in [4.69, 9.17) is 15.0 Å². The Hall–Kier alpha value is -1.17. The van der Waals surface area contributed by atoms with E-state index in [-0.39, 0.29) is 24.4 Å². The predicted molar refractivity (Wildman–Crippen MR) is 82.0 cm³/mol. The summed E-state index contributed by atoms with van der Waals surface area (Å²) in [5.74, 6) is 1.92. The Bertz CT molecular complexity index is 496. The van der Waals surface area contributed by atoms with Gasteiger partial charge in [0.05, 0.1) is 16.9 Å². The van der Waals surface area contributed by atoms with Crippen LogP contribution in [0.1, 0.15) is 51.9 Å². The number of nitrogens with two attached hydrogens (primary N) is 1. The number of hydrogen-bond donors (Lipinski definition) is 1. The van der Waals surface area contributed by atoms with Crippen molar-refractivity contribution >= 4 is 13.2 Å². The van der Waals surface area contributed by atoms with Crippen molar-refractivity contribution in [3.8, 4) is 0 Å². The number of rotatable bonds is 3. The van der Waals surface area contributed by atoms with Crippen molar-refractivity contribution in [2.45, 2.75) is 51.9 Å². The predicted octanol–water partition coefficient (Wildman–Crippen LogP) is 2.75. The first-order valence-corrected chi connectivity index (χ1v) is 6.97. The SMILES string of the molecule is C[C@@H](N)c1ncccc1/C=C/B1OC(C)(C)C(C)(C)O1. The van der Waals surface area contributed by atoms with Crippen LogP contribution >= 0.6 is 0 Å². The summed E-state index contributed by atoms with van der Waals surface area (Å²) in [4.78, 5) is 4.32. The molecule has 5 heteroatoms. The van der Waals surface area contributed by atoms with Gasteiger partial charge in [-0.15, -0.1) is 0 Å². The maximum absolute atomic E-state index is 5.93. The normalized spacial score (nSPS) is 22.4. The highest BCUT2D eigenvalue weighted by molar-refractivity contribution is 6.52. The number of aromatic nitrogens is 1. The van der Waals surface area contributed by atoms with Crippen molar-refractivity contribution in [1.82, 2.24) is 4.98 Å². The number of nitrogens with zero attached hydrogens (tertiary/aromatic N) is 1. The molecule has 1 aliphatic heterocycles. The zero-order valence-electron chi connectivity index (χ0n) is 12.9. The fourth-order valence-electron chi connectivity index (χ4n) is 2.10. The van der Waals surface area contributed by atoms with Gasteiger partial charge in [0.1, 0.15) is 0 Å². The minimum absolute atomic E-state index is 0.103. The van der Waals surface area contributed by atoms with E-state index in [0.29, 0.717) is 0 Å². The molecule has 1 saturated heterocycles. The third-order valence-electron chi connectivity index (χ3n) is 4.01. The molecule has 0 unspecified atom stereocenters. The average molecular weight is 274 g/mol. The lowest BCUT2D eigenvalue weighted by Crippen LogP contribution is -2.41. The molecule has 2 heterocycles. The van der Waals surface area contributed by atoms with Crippen molar-refractivity contribution < 1.29 is 9.31 Å². The molecule has 0 saturated carbocycles. The molecule has 2 N–H and O–H groups in total. The summed E-state index contributed by atoms with van der Waals surface area (Å²) in [6.45, 7) is 10.1. The van der Waals surface area contributed by atoms with Gasteiger partial charge in [-0.2, -0.15) is 0 Å².